The third-order valence-corrected chi connectivity index (χ3v) is 4.46. The first-order valence-corrected chi connectivity index (χ1v) is 9.22. The second-order valence-electron chi connectivity index (χ2n) is 6.71. The number of carboxylic acid groups (broad SMARTS) is 1. The fourth-order valence-electron chi connectivity index (χ4n) is 2.98. The maximum atomic E-state index is 11.8. The Labute approximate surface area is 169 Å². The van der Waals surface area contributed by atoms with E-state index in [0.717, 1.165) is 22.3 Å². The normalized spacial score (nSPS) is 13.0. The Hall–Kier alpha value is -2.41. The van der Waals surface area contributed by atoms with Gasteiger partial charge in [-0.25, -0.2) is 4.79 Å². The van der Waals surface area contributed by atoms with Crippen LogP contribution in [0.25, 0.3) is 11.1 Å². The van der Waals surface area contributed by atoms with Crippen molar-refractivity contribution in [3.8, 4) is 11.1 Å². The molecule has 0 fully saturated rings. The number of aliphatic hydroxyl groups excluding tert-OH is 1. The fraction of sp³-hybridized carbons (Fsp3) is 0.333. The number of aliphatic carboxylic acids is 1. The van der Waals surface area contributed by atoms with Crippen LogP contribution < -0.4 is 5.32 Å². The minimum Gasteiger partial charge on any atom is -0.479 e. The fourth-order valence-corrected chi connectivity index (χ4v) is 3.27. The molecular formula is C21H24ClNO5. The quantitative estimate of drug-likeness (QED) is 0.596. The van der Waals surface area contributed by atoms with Crippen molar-refractivity contribution in [3.05, 3.63) is 58.6 Å². The molecule has 6 nitrogen and oxygen atoms in total. The highest BCUT2D eigenvalue weighted by molar-refractivity contribution is 6.30. The molecular weight excluding hydrogens is 382 g/mol. The van der Waals surface area contributed by atoms with Gasteiger partial charge >= 0.3 is 5.97 Å². The van der Waals surface area contributed by atoms with Gasteiger partial charge in [-0.2, -0.15) is 0 Å². The highest BCUT2D eigenvalue weighted by Gasteiger charge is 2.22. The van der Waals surface area contributed by atoms with E-state index >= 15 is 0 Å². The van der Waals surface area contributed by atoms with Crippen molar-refractivity contribution in [2.45, 2.75) is 31.9 Å². The molecule has 2 aromatic carbocycles. The smallest absolute Gasteiger partial charge is 0.332 e. The van der Waals surface area contributed by atoms with Gasteiger partial charge in [0.1, 0.15) is 6.61 Å². The number of ether oxygens (including phenoxy) is 1. The van der Waals surface area contributed by atoms with Crippen LogP contribution in [-0.2, 0) is 20.7 Å². The molecule has 0 radical (unpaired) electrons. The number of aliphatic hydroxyl groups is 1. The number of methoxy groups -OCH3 is 1. The van der Waals surface area contributed by atoms with Crippen molar-refractivity contribution in [2.75, 3.05) is 13.7 Å². The number of carbonyl (C=O) groups is 2. The molecule has 2 atom stereocenters. The van der Waals surface area contributed by atoms with Crippen LogP contribution in [0, 0.1) is 6.92 Å². The van der Waals surface area contributed by atoms with Crippen molar-refractivity contribution in [2.24, 2.45) is 0 Å². The number of halogens is 1. The lowest BCUT2D eigenvalue weighted by Crippen LogP contribution is -2.42. The van der Waals surface area contributed by atoms with Crippen molar-refractivity contribution in [3.63, 3.8) is 0 Å². The molecule has 0 spiro atoms. The Morgan fingerprint density at radius 1 is 1.14 bits per heavy atom. The number of aryl methyl sites for hydroxylation is 1. The van der Waals surface area contributed by atoms with Crippen LogP contribution >= 0.6 is 11.6 Å². The molecule has 1 unspecified atom stereocenters. The standard InChI is InChI=1S/C21H24ClNO5/c1-13-7-16(10-17(22)8-13)15-5-3-14(4-6-15)9-18(11-19(24)21(26)27)23-20(25)12-28-2/h3-8,10,18-19,24H,9,11-12H2,1-2H3,(H,23,25)(H,26,27)/t18-,19?/m0/s1. The van der Waals surface area contributed by atoms with E-state index in [9.17, 15) is 14.7 Å². The van der Waals surface area contributed by atoms with E-state index in [4.69, 9.17) is 21.4 Å². The van der Waals surface area contributed by atoms with Crippen LogP contribution in [0.15, 0.2) is 42.5 Å². The van der Waals surface area contributed by atoms with Gasteiger partial charge in [0.15, 0.2) is 6.10 Å². The van der Waals surface area contributed by atoms with Crippen LogP contribution in [0.5, 0.6) is 0 Å². The summed E-state index contributed by atoms with van der Waals surface area (Å²) >= 11 is 6.13. The monoisotopic (exact) mass is 405 g/mol. The molecule has 0 aliphatic heterocycles. The van der Waals surface area contributed by atoms with Gasteiger partial charge in [0.05, 0.1) is 0 Å². The molecule has 3 N–H and O–H groups in total. The van der Waals surface area contributed by atoms with E-state index in [0.29, 0.717) is 11.4 Å². The van der Waals surface area contributed by atoms with Gasteiger partial charge in [-0.3, -0.25) is 4.79 Å². The summed E-state index contributed by atoms with van der Waals surface area (Å²) in [6, 6.07) is 13.0. The maximum Gasteiger partial charge on any atom is 0.332 e. The van der Waals surface area contributed by atoms with Crippen LogP contribution in [0.2, 0.25) is 5.02 Å². The summed E-state index contributed by atoms with van der Waals surface area (Å²) in [6.45, 7) is 1.84. The van der Waals surface area contributed by atoms with Gasteiger partial charge in [0.25, 0.3) is 0 Å². The first-order chi connectivity index (χ1) is 13.3. The van der Waals surface area contributed by atoms with Gasteiger partial charge in [-0.05, 0) is 47.7 Å². The Morgan fingerprint density at radius 3 is 2.39 bits per heavy atom. The molecule has 0 aromatic heterocycles. The second kappa shape index (κ2) is 10.2. The van der Waals surface area contributed by atoms with Crippen molar-refractivity contribution in [1.29, 1.82) is 0 Å². The number of hydrogen-bond acceptors (Lipinski definition) is 4. The van der Waals surface area contributed by atoms with E-state index in [-0.39, 0.29) is 18.9 Å². The lowest BCUT2D eigenvalue weighted by Gasteiger charge is -2.20. The summed E-state index contributed by atoms with van der Waals surface area (Å²) in [4.78, 5) is 22.8. The van der Waals surface area contributed by atoms with Crippen LogP contribution in [0.4, 0.5) is 0 Å². The maximum absolute atomic E-state index is 11.8. The number of carboxylic acids is 1. The molecule has 0 bridgehead atoms. The molecule has 0 saturated heterocycles. The Morgan fingerprint density at radius 2 is 1.82 bits per heavy atom. The third kappa shape index (κ3) is 6.64. The number of rotatable bonds is 9. The van der Waals surface area contributed by atoms with E-state index in [2.05, 4.69) is 5.32 Å². The van der Waals surface area contributed by atoms with E-state index < -0.39 is 18.1 Å². The molecule has 0 saturated carbocycles. The number of carbonyl (C=O) groups excluding carboxylic acids is 1. The topological polar surface area (TPSA) is 95.9 Å². The van der Waals surface area contributed by atoms with Crippen molar-refractivity contribution < 1.29 is 24.5 Å². The molecule has 28 heavy (non-hydrogen) atoms. The third-order valence-electron chi connectivity index (χ3n) is 4.24. The summed E-state index contributed by atoms with van der Waals surface area (Å²) < 4.78 is 4.79. The minimum atomic E-state index is -1.55. The Bertz CT molecular complexity index is 802. The predicted octanol–water partition coefficient (Wildman–Crippen LogP) is 2.82. The Balaban J connectivity index is 2.14. The zero-order valence-electron chi connectivity index (χ0n) is 15.8. The average Bonchev–Trinajstić information content (AvgIpc) is 2.61. The zero-order valence-corrected chi connectivity index (χ0v) is 16.6. The summed E-state index contributed by atoms with van der Waals surface area (Å²) in [5.74, 6) is -1.69. The predicted molar refractivity (Wildman–Crippen MR) is 107 cm³/mol. The van der Waals surface area contributed by atoms with Crippen molar-refractivity contribution in [1.82, 2.24) is 5.32 Å². The number of hydrogen-bond donors (Lipinski definition) is 3. The minimum absolute atomic E-state index is 0.0972. The van der Waals surface area contributed by atoms with Crippen LogP contribution in [0.3, 0.4) is 0 Å². The summed E-state index contributed by atoms with van der Waals surface area (Å²) in [5.41, 5.74) is 3.97. The highest BCUT2D eigenvalue weighted by Crippen LogP contribution is 2.25. The summed E-state index contributed by atoms with van der Waals surface area (Å²) in [7, 11) is 1.40. The van der Waals surface area contributed by atoms with Gasteiger partial charge in [-0.15, -0.1) is 0 Å². The molecule has 7 heteroatoms. The first kappa shape index (κ1) is 21.9. The van der Waals surface area contributed by atoms with Gasteiger partial charge in [0, 0.05) is 24.6 Å². The molecule has 2 rings (SSSR count). The molecule has 1 amide bonds. The van der Waals surface area contributed by atoms with Crippen LogP contribution in [0.1, 0.15) is 17.5 Å². The lowest BCUT2D eigenvalue weighted by atomic mass is 9.97. The number of nitrogens with one attached hydrogen (secondary N) is 1. The van der Waals surface area contributed by atoms with E-state index in [1.165, 1.54) is 7.11 Å². The van der Waals surface area contributed by atoms with Gasteiger partial charge < -0.3 is 20.3 Å². The van der Waals surface area contributed by atoms with Crippen LogP contribution in [-0.4, -0.2) is 48.0 Å². The molecule has 2 aromatic rings. The van der Waals surface area contributed by atoms with Gasteiger partial charge in [0.2, 0.25) is 5.91 Å². The van der Waals surface area contributed by atoms with Crippen molar-refractivity contribution >= 4 is 23.5 Å². The lowest BCUT2D eigenvalue weighted by molar-refractivity contribution is -0.147. The molecule has 0 aliphatic rings. The number of amides is 1. The summed E-state index contributed by atoms with van der Waals surface area (Å²) in [6.07, 6.45) is -1.27. The molecule has 0 aliphatic carbocycles. The first-order valence-electron chi connectivity index (χ1n) is 8.84. The molecule has 150 valence electrons. The summed E-state index contributed by atoms with van der Waals surface area (Å²) in [5, 5.41) is 22.0. The largest absolute Gasteiger partial charge is 0.479 e. The number of benzene rings is 2. The SMILES string of the molecule is COCC(=O)N[C@@H](Cc1ccc(-c2cc(C)cc(Cl)c2)cc1)CC(O)C(=O)O. The average molecular weight is 406 g/mol. The zero-order chi connectivity index (χ0) is 20.7. The highest BCUT2D eigenvalue weighted by atomic mass is 35.5. The second-order valence-corrected chi connectivity index (χ2v) is 7.14. The molecule has 0 heterocycles. The van der Waals surface area contributed by atoms with E-state index in [1.807, 2.05) is 49.4 Å². The van der Waals surface area contributed by atoms with E-state index in [1.54, 1.807) is 0 Å². The van der Waals surface area contributed by atoms with Gasteiger partial charge in [-0.1, -0.05) is 41.9 Å². The Kier molecular flexibility index (Phi) is 7.99.